The molecule has 1 aromatic heterocycles. The zero-order chi connectivity index (χ0) is 43.0. The molecule has 9 aromatic carbocycles. The summed E-state index contributed by atoms with van der Waals surface area (Å²) in [5.41, 5.74) is 27.5. The Morgan fingerprint density at radius 2 is 1.03 bits per heavy atom. The van der Waals surface area contributed by atoms with Crippen LogP contribution in [0.15, 0.2) is 164 Å². The highest BCUT2D eigenvalue weighted by Gasteiger charge is 2.44. The lowest BCUT2D eigenvalue weighted by Gasteiger charge is -2.38. The average Bonchev–Trinajstić information content (AvgIpc) is 3.96. The maximum Gasteiger partial charge on any atom is 0.198 e. The van der Waals surface area contributed by atoms with Gasteiger partial charge in [-0.2, -0.15) is 0 Å². The van der Waals surface area contributed by atoms with Crippen molar-refractivity contribution in [3.05, 3.63) is 197 Å². The van der Waals surface area contributed by atoms with Crippen molar-refractivity contribution >= 4 is 67.8 Å². The fourth-order valence-electron chi connectivity index (χ4n) is 13.0. The Labute approximate surface area is 375 Å². The highest BCUT2D eigenvalue weighted by atomic mass is 15.2. The number of aromatic nitrogens is 1. The molecule has 0 spiro atoms. The third-order valence-corrected chi connectivity index (χ3v) is 16.2. The monoisotopic (exact) mass is 818 g/mol. The Bertz CT molecular complexity index is 3750. The van der Waals surface area contributed by atoms with Gasteiger partial charge in [-0.3, -0.25) is 0 Å². The molecular weight excluding hydrogens is 771 g/mol. The van der Waals surface area contributed by atoms with Crippen molar-refractivity contribution in [2.24, 2.45) is 0 Å². The van der Waals surface area contributed by atoms with E-state index < -0.39 is 0 Å². The van der Waals surface area contributed by atoms with Gasteiger partial charge in [0.05, 0.1) is 5.52 Å². The molecule has 0 amide bonds. The van der Waals surface area contributed by atoms with E-state index in [9.17, 15) is 0 Å². The van der Waals surface area contributed by atoms with Crippen molar-refractivity contribution in [1.29, 1.82) is 0 Å². The molecule has 14 rings (SSSR count). The van der Waals surface area contributed by atoms with Gasteiger partial charge in [-0.15, -0.1) is 0 Å². The van der Waals surface area contributed by atoms with Crippen LogP contribution in [0.4, 0.5) is 17.1 Å². The highest BCUT2D eigenvalue weighted by molar-refractivity contribution is 6.73. The maximum absolute atomic E-state index is 4.00. The maximum atomic E-state index is 4.00. The minimum Gasteiger partial charge on any atom is -0.354 e. The van der Waals surface area contributed by atoms with Crippen molar-refractivity contribution < 1.29 is 0 Å². The van der Waals surface area contributed by atoms with Crippen molar-refractivity contribution in [3.8, 4) is 44.5 Å². The number of hydrogen-bond acceptors (Lipinski definition) is 1. The fourth-order valence-corrected chi connectivity index (χ4v) is 13.0. The average molecular weight is 819 g/mol. The van der Waals surface area contributed by atoms with Gasteiger partial charge in [0.15, 0.2) is 7.28 Å². The minimum atomic E-state index is -0.214. The van der Waals surface area contributed by atoms with E-state index >= 15 is 0 Å². The van der Waals surface area contributed by atoms with Crippen LogP contribution < -0.4 is 15.8 Å². The summed E-state index contributed by atoms with van der Waals surface area (Å²) in [6.07, 6.45) is 0. The Hall–Kier alpha value is -7.10. The van der Waals surface area contributed by atoms with Crippen molar-refractivity contribution in [3.63, 3.8) is 0 Å². The molecule has 4 aliphatic rings. The summed E-state index contributed by atoms with van der Waals surface area (Å²) in [6, 6.07) is 62.8. The molecule has 1 N–H and O–H groups in total. The lowest BCUT2D eigenvalue weighted by molar-refractivity contribution is 0.660. The van der Waals surface area contributed by atoms with Gasteiger partial charge in [0.25, 0.3) is 0 Å². The van der Waals surface area contributed by atoms with Gasteiger partial charge < -0.3 is 9.88 Å². The van der Waals surface area contributed by atoms with Crippen LogP contribution in [-0.2, 0) is 16.2 Å². The van der Waals surface area contributed by atoms with E-state index in [1.807, 2.05) is 0 Å². The zero-order valence-electron chi connectivity index (χ0n) is 37.2. The number of nitrogens with zero attached hydrogens (tertiary/aromatic N) is 1. The predicted octanol–water partition coefficient (Wildman–Crippen LogP) is 14.2. The first-order valence-electron chi connectivity index (χ1n) is 23.1. The first-order chi connectivity index (χ1) is 31.0. The number of hydrogen-bond donors (Lipinski definition) is 1. The molecule has 2 nitrogen and oxygen atoms in total. The minimum absolute atomic E-state index is 0.0841. The quantitative estimate of drug-likeness (QED) is 0.172. The Morgan fingerprint density at radius 3 is 1.80 bits per heavy atom. The summed E-state index contributed by atoms with van der Waals surface area (Å²) < 4.78 is 0. The second kappa shape index (κ2) is 12.1. The molecule has 10 aromatic rings. The molecule has 0 unspecified atom stereocenters. The summed E-state index contributed by atoms with van der Waals surface area (Å²) in [6.45, 7) is 14.5. The van der Waals surface area contributed by atoms with Crippen molar-refractivity contribution in [2.75, 3.05) is 4.90 Å². The second-order valence-electron chi connectivity index (χ2n) is 20.5. The molecule has 0 saturated carbocycles. The second-order valence-corrected chi connectivity index (χ2v) is 20.5. The first-order valence-corrected chi connectivity index (χ1v) is 23.1. The van der Waals surface area contributed by atoms with Crippen LogP contribution in [0, 0.1) is 0 Å². The normalized spacial score (nSPS) is 16.1. The molecule has 3 heteroatoms. The summed E-state index contributed by atoms with van der Waals surface area (Å²) in [5, 5.41) is 5.12. The van der Waals surface area contributed by atoms with Gasteiger partial charge in [-0.1, -0.05) is 180 Å². The summed E-state index contributed by atoms with van der Waals surface area (Å²) >= 11 is 0. The summed E-state index contributed by atoms with van der Waals surface area (Å²) in [7, 11) is 0.826. The zero-order valence-corrected chi connectivity index (χ0v) is 37.2. The van der Waals surface area contributed by atoms with Gasteiger partial charge in [-0.05, 0) is 113 Å². The van der Waals surface area contributed by atoms with E-state index in [0.717, 1.165) is 7.28 Å². The van der Waals surface area contributed by atoms with Gasteiger partial charge in [0.2, 0.25) is 0 Å². The van der Waals surface area contributed by atoms with E-state index in [1.54, 1.807) is 0 Å². The Kier molecular flexibility index (Phi) is 6.89. The molecule has 304 valence electrons. The number of fused-ring (bicyclic) bond motifs is 17. The number of benzene rings is 9. The Balaban J connectivity index is 1.12. The molecule has 1 aliphatic heterocycles. The smallest absolute Gasteiger partial charge is 0.198 e. The lowest BCUT2D eigenvalue weighted by atomic mass is 9.56. The van der Waals surface area contributed by atoms with Gasteiger partial charge >= 0.3 is 0 Å². The molecular formula is C61H47BN2. The van der Waals surface area contributed by atoms with Gasteiger partial charge in [0.1, 0.15) is 0 Å². The van der Waals surface area contributed by atoms with E-state index in [-0.39, 0.29) is 16.2 Å². The Morgan fingerprint density at radius 1 is 0.438 bits per heavy atom. The fraction of sp³-hybridized carbons (Fsp3) is 0.148. The molecule has 2 heterocycles. The topological polar surface area (TPSA) is 19.0 Å². The van der Waals surface area contributed by atoms with Crippen LogP contribution in [0.2, 0.25) is 0 Å². The standard InChI is InChI=1S/C61H47BN2/c1-59(2)45-23-12-9-18-37(45)42-30-35(27-28-48(42)59)64-53-32-43-38-19-10-13-24-46(38)60(3,4)49(43)33-51(53)62-56-44(31-50-55(58(56)64)40-20-11-14-25-47(40)61(50,5)6)39-21-15-22-41-54-36-17-8-7-16-34(36)26-29-52(54)63-57(39)41/h7-33,62-63H,1-6H3. The number of anilines is 3. The van der Waals surface area contributed by atoms with Crippen molar-refractivity contribution in [2.45, 2.75) is 57.8 Å². The van der Waals surface area contributed by atoms with Gasteiger partial charge in [0, 0.05) is 60.7 Å². The summed E-state index contributed by atoms with van der Waals surface area (Å²) in [5.74, 6) is 0. The third kappa shape index (κ3) is 4.47. The molecule has 0 fully saturated rings. The van der Waals surface area contributed by atoms with Crippen LogP contribution >= 0.6 is 0 Å². The predicted molar refractivity (Wildman–Crippen MR) is 273 cm³/mol. The van der Waals surface area contributed by atoms with E-state index in [0.29, 0.717) is 0 Å². The number of H-pyrrole nitrogens is 1. The van der Waals surface area contributed by atoms with E-state index in [1.165, 1.54) is 138 Å². The lowest BCUT2D eigenvalue weighted by Crippen LogP contribution is -2.42. The van der Waals surface area contributed by atoms with Crippen LogP contribution in [-0.4, -0.2) is 12.3 Å². The van der Waals surface area contributed by atoms with Crippen LogP contribution in [0.5, 0.6) is 0 Å². The molecule has 64 heavy (non-hydrogen) atoms. The third-order valence-electron chi connectivity index (χ3n) is 16.2. The summed E-state index contributed by atoms with van der Waals surface area (Å²) in [4.78, 5) is 6.69. The van der Waals surface area contributed by atoms with E-state index in [4.69, 9.17) is 0 Å². The number of nitrogens with one attached hydrogen (secondary N) is 1. The number of para-hydroxylation sites is 1. The first kappa shape index (κ1) is 36.4. The largest absolute Gasteiger partial charge is 0.354 e. The molecule has 3 aliphatic carbocycles. The van der Waals surface area contributed by atoms with Crippen LogP contribution in [0.1, 0.15) is 74.9 Å². The van der Waals surface area contributed by atoms with Crippen LogP contribution in [0.3, 0.4) is 0 Å². The molecule has 0 bridgehead atoms. The number of rotatable bonds is 2. The molecule has 0 atom stereocenters. The highest BCUT2D eigenvalue weighted by Crippen LogP contribution is 2.58. The van der Waals surface area contributed by atoms with Crippen molar-refractivity contribution in [1.82, 2.24) is 4.98 Å². The number of aromatic amines is 1. The SMILES string of the molecule is CC1(C)c2ccccc2-c2cc(N3c4cc5c(cc4Bc4c(-c6cccc7c6[nH]c6ccc8ccccc8c67)cc6c(c43)-c3ccccc3C6(C)C)C(C)(C)c3ccccc3-5)ccc21. The van der Waals surface area contributed by atoms with Crippen LogP contribution in [0.25, 0.3) is 77.1 Å². The molecule has 0 radical (unpaired) electrons. The van der Waals surface area contributed by atoms with E-state index in [2.05, 4.69) is 215 Å². The van der Waals surface area contributed by atoms with Gasteiger partial charge in [-0.25, -0.2) is 0 Å². The molecule has 0 saturated heterocycles.